The van der Waals surface area contributed by atoms with Gasteiger partial charge in [-0.25, -0.2) is 0 Å². The van der Waals surface area contributed by atoms with Crippen molar-refractivity contribution in [3.8, 4) is 0 Å². The second kappa shape index (κ2) is 65.3. The highest BCUT2D eigenvalue weighted by molar-refractivity contribution is 5.71. The largest absolute Gasteiger partial charge is 0.462 e. The SMILES string of the molecule is CC/C=C\C/C=C\C/C=C\C/C=C\C/C=C\C/C=C\C/C=C\C/C=C\CCCCCCCCC(=O)OCC(COC(=O)CCCCCCCCCC)OC(=O)CCCCCCCCCCC/C=C\C/C=C\CCCCCCC. The normalized spacial score (nSPS) is 12.9. The fourth-order valence-electron chi connectivity index (χ4n) is 8.84. The van der Waals surface area contributed by atoms with Gasteiger partial charge in [0.15, 0.2) is 6.10 Å². The van der Waals surface area contributed by atoms with Gasteiger partial charge in [-0.15, -0.1) is 0 Å². The molecule has 0 N–H and O–H groups in total. The third-order valence-electron chi connectivity index (χ3n) is 13.7. The van der Waals surface area contributed by atoms with E-state index in [1.54, 1.807) is 0 Å². The Hall–Kier alpha value is -4.19. The first-order valence-corrected chi connectivity index (χ1v) is 32.5. The first-order chi connectivity index (χ1) is 38.5. The maximum atomic E-state index is 12.9. The van der Waals surface area contributed by atoms with Crippen LogP contribution in [-0.2, 0) is 28.6 Å². The van der Waals surface area contributed by atoms with Crippen LogP contribution in [0.15, 0.2) is 122 Å². The lowest BCUT2D eigenvalue weighted by atomic mass is 10.1. The average molecular weight is 1080 g/mol. The number of rotatable bonds is 58. The summed E-state index contributed by atoms with van der Waals surface area (Å²) in [5, 5.41) is 0. The summed E-state index contributed by atoms with van der Waals surface area (Å²) in [6.07, 6.45) is 90.8. The van der Waals surface area contributed by atoms with Crippen LogP contribution in [0.25, 0.3) is 0 Å². The minimum atomic E-state index is -0.787. The van der Waals surface area contributed by atoms with E-state index in [-0.39, 0.29) is 31.1 Å². The summed E-state index contributed by atoms with van der Waals surface area (Å²) in [5.41, 5.74) is 0. The number of hydrogen-bond acceptors (Lipinski definition) is 6. The minimum Gasteiger partial charge on any atom is -0.462 e. The number of carbonyl (C=O) groups excluding carboxylic acids is 3. The smallest absolute Gasteiger partial charge is 0.306 e. The fourth-order valence-corrected chi connectivity index (χ4v) is 8.84. The van der Waals surface area contributed by atoms with Crippen molar-refractivity contribution < 1.29 is 28.6 Å². The van der Waals surface area contributed by atoms with Crippen molar-refractivity contribution in [2.45, 2.75) is 303 Å². The van der Waals surface area contributed by atoms with Gasteiger partial charge in [-0.3, -0.25) is 14.4 Å². The van der Waals surface area contributed by atoms with Crippen molar-refractivity contribution in [2.24, 2.45) is 0 Å². The average Bonchev–Trinajstić information content (AvgIpc) is 3.44. The van der Waals surface area contributed by atoms with Crippen molar-refractivity contribution in [1.82, 2.24) is 0 Å². The molecular weight excluding hydrogens is 961 g/mol. The van der Waals surface area contributed by atoms with Crippen LogP contribution in [-0.4, -0.2) is 37.2 Å². The van der Waals surface area contributed by atoms with Crippen molar-refractivity contribution in [3.63, 3.8) is 0 Å². The second-order valence-corrected chi connectivity index (χ2v) is 21.3. The summed E-state index contributed by atoms with van der Waals surface area (Å²) in [7, 11) is 0. The molecule has 0 saturated heterocycles. The van der Waals surface area contributed by atoms with E-state index in [0.29, 0.717) is 19.3 Å². The van der Waals surface area contributed by atoms with Gasteiger partial charge in [0.25, 0.3) is 0 Å². The number of hydrogen-bond donors (Lipinski definition) is 0. The zero-order chi connectivity index (χ0) is 56.4. The van der Waals surface area contributed by atoms with Gasteiger partial charge in [-0.05, 0) is 116 Å². The van der Waals surface area contributed by atoms with E-state index in [0.717, 1.165) is 128 Å². The van der Waals surface area contributed by atoms with Gasteiger partial charge in [0.1, 0.15) is 13.2 Å². The Morgan fingerprint density at radius 3 is 0.782 bits per heavy atom. The third-order valence-corrected chi connectivity index (χ3v) is 13.7. The molecule has 0 aliphatic carbocycles. The van der Waals surface area contributed by atoms with Gasteiger partial charge in [0, 0.05) is 19.3 Å². The number of ether oxygens (including phenoxy) is 3. The zero-order valence-electron chi connectivity index (χ0n) is 50.9. The third kappa shape index (κ3) is 62.7. The topological polar surface area (TPSA) is 78.9 Å². The van der Waals surface area contributed by atoms with Crippen molar-refractivity contribution in [3.05, 3.63) is 122 Å². The molecule has 1 atom stereocenters. The molecule has 0 bridgehead atoms. The molecule has 0 heterocycles. The maximum absolute atomic E-state index is 12.9. The van der Waals surface area contributed by atoms with E-state index >= 15 is 0 Å². The van der Waals surface area contributed by atoms with Gasteiger partial charge in [-0.1, -0.05) is 284 Å². The molecule has 444 valence electrons. The summed E-state index contributed by atoms with van der Waals surface area (Å²) in [5.74, 6) is -0.904. The monoisotopic (exact) mass is 1080 g/mol. The van der Waals surface area contributed by atoms with Gasteiger partial charge in [0.2, 0.25) is 0 Å². The molecule has 6 nitrogen and oxygen atoms in total. The number of unbranched alkanes of at least 4 members (excludes halogenated alkanes) is 27. The van der Waals surface area contributed by atoms with E-state index in [4.69, 9.17) is 14.2 Å². The van der Waals surface area contributed by atoms with E-state index < -0.39 is 6.10 Å². The van der Waals surface area contributed by atoms with Crippen molar-refractivity contribution in [2.75, 3.05) is 13.2 Å². The van der Waals surface area contributed by atoms with Crippen LogP contribution in [0.4, 0.5) is 0 Å². The van der Waals surface area contributed by atoms with Crippen LogP contribution in [0.2, 0.25) is 0 Å². The molecule has 0 aromatic carbocycles. The molecular formula is C72H120O6. The Kier molecular flexibility index (Phi) is 61.8. The zero-order valence-corrected chi connectivity index (χ0v) is 50.9. The Labute approximate surface area is 482 Å². The number of allylic oxidation sites excluding steroid dienone is 20. The number of carbonyl (C=O) groups is 3. The second-order valence-electron chi connectivity index (χ2n) is 21.3. The van der Waals surface area contributed by atoms with Crippen LogP contribution in [0, 0.1) is 0 Å². The molecule has 0 aromatic heterocycles. The summed E-state index contributed by atoms with van der Waals surface area (Å²) in [6, 6.07) is 0. The molecule has 0 amide bonds. The van der Waals surface area contributed by atoms with Crippen LogP contribution in [0.3, 0.4) is 0 Å². The van der Waals surface area contributed by atoms with Gasteiger partial charge < -0.3 is 14.2 Å². The lowest BCUT2D eigenvalue weighted by molar-refractivity contribution is -0.167. The van der Waals surface area contributed by atoms with Crippen LogP contribution in [0.1, 0.15) is 297 Å². The molecule has 0 aliphatic heterocycles. The van der Waals surface area contributed by atoms with Gasteiger partial charge >= 0.3 is 17.9 Å². The highest BCUT2D eigenvalue weighted by atomic mass is 16.6. The molecule has 0 fully saturated rings. The maximum Gasteiger partial charge on any atom is 0.306 e. The molecule has 78 heavy (non-hydrogen) atoms. The predicted octanol–water partition coefficient (Wildman–Crippen LogP) is 22.4. The summed E-state index contributed by atoms with van der Waals surface area (Å²) >= 11 is 0. The van der Waals surface area contributed by atoms with Gasteiger partial charge in [-0.2, -0.15) is 0 Å². The summed E-state index contributed by atoms with van der Waals surface area (Å²) in [4.78, 5) is 38.2. The quantitative estimate of drug-likeness (QED) is 0.0261. The standard InChI is InChI=1S/C72H120O6/c1-4-7-10-13-16-19-21-23-25-27-29-31-32-33-34-35-36-37-38-39-40-42-43-45-47-49-51-53-56-59-62-65-71(74)77-68-69(67-76-70(73)64-61-58-55-18-15-12-9-6-3)78-72(75)66-63-60-57-54-52-50-48-46-44-41-30-28-26-24-22-20-17-14-11-8-5-2/h7,10,16,19,22-25,28-31,33-34,36-37,39-40,43,45,69H,4-6,8-9,11-15,17-18,20-21,26-27,32,35,38,41-42,44,46-68H2,1-3H3/b10-7-,19-16-,24-22-,25-23-,30-28-,31-29-,34-33-,37-36-,40-39-,45-43-. The molecule has 0 aliphatic rings. The first-order valence-electron chi connectivity index (χ1n) is 32.5. The lowest BCUT2D eigenvalue weighted by Crippen LogP contribution is -2.30. The first kappa shape index (κ1) is 73.8. The predicted molar refractivity (Wildman–Crippen MR) is 339 cm³/mol. The Balaban J connectivity index is 4.23. The van der Waals surface area contributed by atoms with Crippen molar-refractivity contribution >= 4 is 17.9 Å². The summed E-state index contributed by atoms with van der Waals surface area (Å²) < 4.78 is 16.9. The van der Waals surface area contributed by atoms with E-state index in [1.165, 1.54) is 128 Å². The summed E-state index contributed by atoms with van der Waals surface area (Å²) in [6.45, 7) is 6.48. The molecule has 0 saturated carbocycles. The Morgan fingerprint density at radius 2 is 0.500 bits per heavy atom. The molecule has 0 radical (unpaired) electrons. The van der Waals surface area contributed by atoms with E-state index in [2.05, 4.69) is 142 Å². The molecule has 0 spiro atoms. The van der Waals surface area contributed by atoms with Crippen LogP contribution >= 0.6 is 0 Å². The van der Waals surface area contributed by atoms with E-state index in [1.807, 2.05) is 0 Å². The molecule has 6 heteroatoms. The van der Waals surface area contributed by atoms with E-state index in [9.17, 15) is 14.4 Å². The number of esters is 3. The Bertz CT molecular complexity index is 1620. The van der Waals surface area contributed by atoms with Crippen molar-refractivity contribution in [1.29, 1.82) is 0 Å². The minimum absolute atomic E-state index is 0.0846. The fraction of sp³-hybridized carbons (Fsp3) is 0.681. The Morgan fingerprint density at radius 1 is 0.269 bits per heavy atom. The molecule has 0 aromatic rings. The molecule has 0 rings (SSSR count). The highest BCUT2D eigenvalue weighted by Gasteiger charge is 2.19. The van der Waals surface area contributed by atoms with Gasteiger partial charge in [0.05, 0.1) is 0 Å². The highest BCUT2D eigenvalue weighted by Crippen LogP contribution is 2.15. The van der Waals surface area contributed by atoms with Crippen LogP contribution < -0.4 is 0 Å². The molecule has 1 unspecified atom stereocenters. The lowest BCUT2D eigenvalue weighted by Gasteiger charge is -2.18. The van der Waals surface area contributed by atoms with Crippen LogP contribution in [0.5, 0.6) is 0 Å².